The molecule has 0 bridgehead atoms. The summed E-state index contributed by atoms with van der Waals surface area (Å²) in [6, 6.07) is 11.8. The minimum absolute atomic E-state index is 0.170. The Hall–Kier alpha value is -1.85. The van der Waals surface area contributed by atoms with E-state index >= 15 is 0 Å². The predicted octanol–water partition coefficient (Wildman–Crippen LogP) is 3.59. The molecule has 0 saturated heterocycles. The molecule has 3 N–H and O–H groups in total. The van der Waals surface area contributed by atoms with E-state index in [0.717, 1.165) is 10.9 Å². The molecule has 6 heteroatoms. The summed E-state index contributed by atoms with van der Waals surface area (Å²) in [6.07, 6.45) is 0. The molecule has 21 heavy (non-hydrogen) atoms. The largest absolute Gasteiger partial charge is 0.366 e. The van der Waals surface area contributed by atoms with Gasteiger partial charge in [-0.15, -0.1) is 0 Å². The van der Waals surface area contributed by atoms with Crippen LogP contribution in [-0.2, 0) is 5.33 Å². The van der Waals surface area contributed by atoms with Crippen molar-refractivity contribution in [2.24, 2.45) is 5.73 Å². The molecule has 0 aliphatic heterocycles. The van der Waals surface area contributed by atoms with Crippen LogP contribution in [0.25, 0.3) is 0 Å². The molecule has 0 unspecified atom stereocenters. The monoisotopic (exact) mass is 366 g/mol. The fraction of sp³-hybridized carbons (Fsp3) is 0.0667. The van der Waals surface area contributed by atoms with Gasteiger partial charge < -0.3 is 11.1 Å². The Balaban J connectivity index is 2.19. The number of hydrogen-bond acceptors (Lipinski definition) is 2. The van der Waals surface area contributed by atoms with Crippen LogP contribution in [0.1, 0.15) is 26.3 Å². The highest BCUT2D eigenvalue weighted by Crippen LogP contribution is 2.20. The van der Waals surface area contributed by atoms with Crippen molar-refractivity contribution in [1.82, 2.24) is 0 Å². The number of nitrogens with one attached hydrogen (secondary N) is 1. The average molecular weight is 368 g/mol. The number of hydrogen-bond donors (Lipinski definition) is 2. The van der Waals surface area contributed by atoms with E-state index in [1.165, 1.54) is 12.1 Å². The van der Waals surface area contributed by atoms with E-state index in [1.807, 2.05) is 12.1 Å². The number of nitrogens with two attached hydrogens (primary N) is 1. The molecule has 0 heterocycles. The van der Waals surface area contributed by atoms with E-state index in [0.29, 0.717) is 11.3 Å². The third-order valence-corrected chi connectivity index (χ3v) is 3.84. The number of halogens is 2. The highest BCUT2D eigenvalue weighted by molar-refractivity contribution is 9.08. The zero-order valence-corrected chi connectivity index (χ0v) is 13.2. The van der Waals surface area contributed by atoms with Crippen molar-refractivity contribution in [2.75, 3.05) is 5.32 Å². The van der Waals surface area contributed by atoms with Gasteiger partial charge in [0.25, 0.3) is 5.91 Å². The van der Waals surface area contributed by atoms with Crippen LogP contribution in [0.3, 0.4) is 0 Å². The first-order chi connectivity index (χ1) is 10.0. The Morgan fingerprint density at radius 3 is 2.38 bits per heavy atom. The smallest absolute Gasteiger partial charge is 0.255 e. The SMILES string of the molecule is NC(=O)c1cc(NC(=O)c2ccc(CBr)cc2)ccc1Cl. The van der Waals surface area contributed by atoms with Gasteiger partial charge in [0.15, 0.2) is 0 Å². The van der Waals surface area contributed by atoms with Gasteiger partial charge in [0.05, 0.1) is 10.6 Å². The first-order valence-corrected chi connectivity index (χ1v) is 7.57. The molecule has 0 aliphatic rings. The second-order valence-electron chi connectivity index (χ2n) is 4.34. The molecule has 0 spiro atoms. The quantitative estimate of drug-likeness (QED) is 0.811. The molecule has 2 aromatic carbocycles. The van der Waals surface area contributed by atoms with Crippen LogP contribution in [0.15, 0.2) is 42.5 Å². The van der Waals surface area contributed by atoms with Crippen molar-refractivity contribution >= 4 is 45.0 Å². The second kappa shape index (κ2) is 6.74. The van der Waals surface area contributed by atoms with E-state index in [2.05, 4.69) is 21.2 Å². The minimum atomic E-state index is -0.641. The average Bonchev–Trinajstić information content (AvgIpc) is 2.49. The van der Waals surface area contributed by atoms with Crippen molar-refractivity contribution < 1.29 is 9.59 Å². The Labute approximate surface area is 135 Å². The highest BCUT2D eigenvalue weighted by Gasteiger charge is 2.10. The normalized spacial score (nSPS) is 10.2. The Morgan fingerprint density at radius 1 is 1.14 bits per heavy atom. The van der Waals surface area contributed by atoms with Gasteiger partial charge in [0.2, 0.25) is 5.91 Å². The molecule has 2 aromatic rings. The van der Waals surface area contributed by atoms with Gasteiger partial charge in [-0.05, 0) is 35.9 Å². The zero-order valence-electron chi connectivity index (χ0n) is 10.9. The van der Waals surface area contributed by atoms with Crippen LogP contribution >= 0.6 is 27.5 Å². The Kier molecular flexibility index (Phi) is 4.98. The summed E-state index contributed by atoms with van der Waals surface area (Å²) in [5.41, 5.74) is 7.45. The van der Waals surface area contributed by atoms with Crippen molar-refractivity contribution in [1.29, 1.82) is 0 Å². The summed E-state index contributed by atoms with van der Waals surface area (Å²) in [6.45, 7) is 0. The fourth-order valence-corrected chi connectivity index (χ4v) is 2.32. The maximum absolute atomic E-state index is 12.1. The number of amides is 2. The van der Waals surface area contributed by atoms with Crippen LogP contribution in [-0.4, -0.2) is 11.8 Å². The summed E-state index contributed by atoms with van der Waals surface area (Å²) in [4.78, 5) is 23.3. The molecule has 2 rings (SSSR count). The van der Waals surface area contributed by atoms with E-state index < -0.39 is 5.91 Å². The lowest BCUT2D eigenvalue weighted by Gasteiger charge is -2.08. The number of benzene rings is 2. The van der Waals surface area contributed by atoms with Gasteiger partial charge in [-0.3, -0.25) is 9.59 Å². The minimum Gasteiger partial charge on any atom is -0.366 e. The number of alkyl halides is 1. The van der Waals surface area contributed by atoms with Gasteiger partial charge in [0, 0.05) is 16.6 Å². The molecule has 108 valence electrons. The lowest BCUT2D eigenvalue weighted by molar-refractivity contribution is 0.0996. The van der Waals surface area contributed by atoms with Gasteiger partial charge in [-0.2, -0.15) is 0 Å². The predicted molar refractivity (Wildman–Crippen MR) is 87.0 cm³/mol. The van der Waals surface area contributed by atoms with Crippen LogP contribution in [0.2, 0.25) is 5.02 Å². The lowest BCUT2D eigenvalue weighted by Crippen LogP contribution is -2.15. The maximum atomic E-state index is 12.1. The maximum Gasteiger partial charge on any atom is 0.255 e. The van der Waals surface area contributed by atoms with Crippen molar-refractivity contribution in [3.8, 4) is 0 Å². The Bertz CT molecular complexity index is 687. The molecule has 4 nitrogen and oxygen atoms in total. The Morgan fingerprint density at radius 2 is 1.81 bits per heavy atom. The molecule has 0 atom stereocenters. The fourth-order valence-electron chi connectivity index (χ4n) is 1.74. The van der Waals surface area contributed by atoms with E-state index in [4.69, 9.17) is 17.3 Å². The third kappa shape index (κ3) is 3.83. The molecule has 0 aromatic heterocycles. The first kappa shape index (κ1) is 15.5. The molecular weight excluding hydrogens is 356 g/mol. The molecule has 2 amide bonds. The van der Waals surface area contributed by atoms with E-state index in [-0.39, 0.29) is 16.5 Å². The van der Waals surface area contributed by atoms with Gasteiger partial charge in [0.1, 0.15) is 0 Å². The number of rotatable bonds is 4. The summed E-state index contributed by atoms with van der Waals surface area (Å²) in [7, 11) is 0. The van der Waals surface area contributed by atoms with Crippen LogP contribution in [0, 0.1) is 0 Å². The number of carbonyl (C=O) groups is 2. The second-order valence-corrected chi connectivity index (χ2v) is 5.31. The molecule has 0 aliphatic carbocycles. The topological polar surface area (TPSA) is 72.2 Å². The lowest BCUT2D eigenvalue weighted by atomic mass is 10.1. The van der Waals surface area contributed by atoms with Gasteiger partial charge >= 0.3 is 0 Å². The highest BCUT2D eigenvalue weighted by atomic mass is 79.9. The molecule has 0 saturated carbocycles. The zero-order chi connectivity index (χ0) is 15.4. The molecular formula is C15H12BrClN2O2. The van der Waals surface area contributed by atoms with Crippen molar-refractivity contribution in [2.45, 2.75) is 5.33 Å². The summed E-state index contributed by atoms with van der Waals surface area (Å²) < 4.78 is 0. The number of anilines is 1. The van der Waals surface area contributed by atoms with E-state index in [1.54, 1.807) is 18.2 Å². The van der Waals surface area contributed by atoms with Gasteiger partial charge in [-0.1, -0.05) is 39.7 Å². The van der Waals surface area contributed by atoms with Crippen molar-refractivity contribution in [3.05, 3.63) is 64.2 Å². The van der Waals surface area contributed by atoms with Crippen LogP contribution in [0.4, 0.5) is 5.69 Å². The van der Waals surface area contributed by atoms with Crippen LogP contribution < -0.4 is 11.1 Å². The molecule has 0 fully saturated rings. The number of primary amides is 1. The van der Waals surface area contributed by atoms with Crippen LogP contribution in [0.5, 0.6) is 0 Å². The summed E-state index contributed by atoms with van der Waals surface area (Å²) in [5.74, 6) is -0.911. The van der Waals surface area contributed by atoms with Crippen molar-refractivity contribution in [3.63, 3.8) is 0 Å². The first-order valence-electron chi connectivity index (χ1n) is 6.07. The summed E-state index contributed by atoms with van der Waals surface area (Å²) in [5, 5.41) is 3.68. The number of carbonyl (C=O) groups excluding carboxylic acids is 2. The van der Waals surface area contributed by atoms with E-state index in [9.17, 15) is 9.59 Å². The molecule has 0 radical (unpaired) electrons. The van der Waals surface area contributed by atoms with Gasteiger partial charge in [-0.25, -0.2) is 0 Å². The summed E-state index contributed by atoms with van der Waals surface area (Å²) >= 11 is 9.20. The third-order valence-electron chi connectivity index (χ3n) is 2.86. The standard InChI is InChI=1S/C15H12BrClN2O2/c16-8-9-1-3-10(4-2-9)15(21)19-11-5-6-13(17)12(7-11)14(18)20/h1-7H,8H2,(H2,18,20)(H,19,21).